The maximum absolute atomic E-state index is 12.8. The number of para-hydroxylation sites is 2. The van der Waals surface area contributed by atoms with Gasteiger partial charge in [-0.25, -0.2) is 4.79 Å². The van der Waals surface area contributed by atoms with E-state index in [1.165, 1.54) is 0 Å². The number of benzene rings is 4. The van der Waals surface area contributed by atoms with E-state index in [-0.39, 0.29) is 17.9 Å². The van der Waals surface area contributed by atoms with E-state index in [0.717, 1.165) is 16.3 Å². The molecule has 0 fully saturated rings. The molecule has 0 heterocycles. The fourth-order valence-electron chi connectivity index (χ4n) is 3.10. The highest BCUT2D eigenvalue weighted by Gasteiger charge is 2.16. The largest absolute Gasteiger partial charge is 0.422 e. The fourth-order valence-corrected chi connectivity index (χ4v) is 3.10. The first-order valence-electron chi connectivity index (χ1n) is 9.24. The molecule has 0 N–H and O–H groups in total. The Morgan fingerprint density at radius 2 is 1.24 bits per heavy atom. The summed E-state index contributed by atoms with van der Waals surface area (Å²) in [7, 11) is 0. The van der Waals surface area contributed by atoms with Crippen molar-refractivity contribution >= 4 is 22.7 Å². The van der Waals surface area contributed by atoms with Crippen LogP contribution in [-0.4, -0.2) is 11.9 Å². The number of esters is 2. The van der Waals surface area contributed by atoms with Gasteiger partial charge >= 0.3 is 11.9 Å². The number of ether oxygens (including phenoxy) is 2. The van der Waals surface area contributed by atoms with Crippen LogP contribution in [0.2, 0.25) is 0 Å². The van der Waals surface area contributed by atoms with E-state index in [0.29, 0.717) is 5.56 Å². The highest BCUT2D eigenvalue weighted by atomic mass is 16.6. The first kappa shape index (κ1) is 18.4. The zero-order valence-electron chi connectivity index (χ0n) is 15.6. The van der Waals surface area contributed by atoms with E-state index < -0.39 is 11.9 Å². The lowest BCUT2D eigenvalue weighted by atomic mass is 10.0. The number of hydrogen-bond donors (Lipinski definition) is 0. The summed E-state index contributed by atoms with van der Waals surface area (Å²) >= 11 is 0. The molecule has 4 aromatic carbocycles. The average Bonchev–Trinajstić information content (AvgIpc) is 2.75. The molecular formula is C25H18O4. The van der Waals surface area contributed by atoms with Crippen molar-refractivity contribution < 1.29 is 19.1 Å². The lowest BCUT2D eigenvalue weighted by Crippen LogP contribution is -2.14. The highest BCUT2D eigenvalue weighted by Crippen LogP contribution is 2.29. The molecule has 0 aliphatic carbocycles. The van der Waals surface area contributed by atoms with Gasteiger partial charge in [0.15, 0.2) is 11.5 Å². The van der Waals surface area contributed by atoms with Crippen LogP contribution in [0.3, 0.4) is 0 Å². The summed E-state index contributed by atoms with van der Waals surface area (Å²) in [5.74, 6) is -0.521. The molecule has 0 unspecified atom stereocenters. The second-order valence-electron chi connectivity index (χ2n) is 6.50. The first-order valence-corrected chi connectivity index (χ1v) is 9.24. The number of carbonyl (C=O) groups excluding carboxylic acids is 2. The Balaban J connectivity index is 1.54. The summed E-state index contributed by atoms with van der Waals surface area (Å²) in [5, 5.41) is 1.75. The lowest BCUT2D eigenvalue weighted by molar-refractivity contribution is -0.133. The van der Waals surface area contributed by atoms with Crippen LogP contribution < -0.4 is 9.47 Å². The van der Waals surface area contributed by atoms with E-state index >= 15 is 0 Å². The van der Waals surface area contributed by atoms with Gasteiger partial charge in [0.25, 0.3) is 0 Å². The summed E-state index contributed by atoms with van der Waals surface area (Å²) < 4.78 is 11.0. The summed E-state index contributed by atoms with van der Waals surface area (Å²) in [6, 6.07) is 29.0. The van der Waals surface area contributed by atoms with Gasteiger partial charge in [0.05, 0.1) is 12.0 Å². The minimum absolute atomic E-state index is 0.131. The van der Waals surface area contributed by atoms with Crippen LogP contribution in [0.15, 0.2) is 97.1 Å². The minimum Gasteiger partial charge on any atom is -0.422 e. The van der Waals surface area contributed by atoms with Crippen LogP contribution >= 0.6 is 0 Å². The van der Waals surface area contributed by atoms with Gasteiger partial charge in [0.2, 0.25) is 0 Å². The molecule has 0 amide bonds. The number of fused-ring (bicyclic) bond motifs is 1. The van der Waals surface area contributed by atoms with E-state index in [1.54, 1.807) is 30.3 Å². The molecule has 0 aliphatic heterocycles. The van der Waals surface area contributed by atoms with Gasteiger partial charge in [-0.1, -0.05) is 78.9 Å². The SMILES string of the molecule is O=C(Cc1ccccc1)Oc1ccccc1OC(=O)c1cccc2ccccc12. The molecule has 4 aromatic rings. The van der Waals surface area contributed by atoms with Gasteiger partial charge in [0, 0.05) is 0 Å². The van der Waals surface area contributed by atoms with Crippen LogP contribution in [0.1, 0.15) is 15.9 Å². The third-order valence-electron chi connectivity index (χ3n) is 4.48. The Morgan fingerprint density at radius 3 is 2.03 bits per heavy atom. The van der Waals surface area contributed by atoms with Gasteiger partial charge in [0.1, 0.15) is 0 Å². The van der Waals surface area contributed by atoms with Crippen molar-refractivity contribution in [3.05, 3.63) is 108 Å². The molecule has 0 saturated carbocycles. The Hall–Kier alpha value is -3.92. The lowest BCUT2D eigenvalue weighted by Gasteiger charge is -2.11. The normalized spacial score (nSPS) is 10.5. The maximum atomic E-state index is 12.8. The van der Waals surface area contributed by atoms with Crippen molar-refractivity contribution in [1.29, 1.82) is 0 Å². The molecule has 0 aromatic heterocycles. The van der Waals surface area contributed by atoms with Crippen molar-refractivity contribution in [2.45, 2.75) is 6.42 Å². The Labute approximate surface area is 168 Å². The molecule has 4 heteroatoms. The van der Waals surface area contributed by atoms with E-state index in [9.17, 15) is 9.59 Å². The fraction of sp³-hybridized carbons (Fsp3) is 0.0400. The number of hydrogen-bond acceptors (Lipinski definition) is 4. The zero-order chi connectivity index (χ0) is 20.1. The smallest absolute Gasteiger partial charge is 0.344 e. The van der Waals surface area contributed by atoms with Crippen molar-refractivity contribution in [1.82, 2.24) is 0 Å². The van der Waals surface area contributed by atoms with Crippen molar-refractivity contribution in [2.24, 2.45) is 0 Å². The van der Waals surface area contributed by atoms with Gasteiger partial charge < -0.3 is 9.47 Å². The predicted molar refractivity (Wildman–Crippen MR) is 111 cm³/mol. The minimum atomic E-state index is -0.506. The number of rotatable bonds is 5. The Kier molecular flexibility index (Phi) is 5.34. The van der Waals surface area contributed by atoms with Crippen LogP contribution in [-0.2, 0) is 11.2 Å². The molecule has 0 bridgehead atoms. The third kappa shape index (κ3) is 4.33. The average molecular weight is 382 g/mol. The third-order valence-corrected chi connectivity index (χ3v) is 4.48. The van der Waals surface area contributed by atoms with Crippen LogP contribution in [0.25, 0.3) is 10.8 Å². The second-order valence-corrected chi connectivity index (χ2v) is 6.50. The molecule has 4 rings (SSSR count). The van der Waals surface area contributed by atoms with Gasteiger partial charge in [-0.05, 0) is 34.5 Å². The van der Waals surface area contributed by atoms with Gasteiger partial charge in [-0.15, -0.1) is 0 Å². The molecule has 0 spiro atoms. The molecular weight excluding hydrogens is 364 g/mol. The summed E-state index contributed by atoms with van der Waals surface area (Å²) in [5.41, 5.74) is 1.30. The van der Waals surface area contributed by atoms with Crippen molar-refractivity contribution in [2.75, 3.05) is 0 Å². The highest BCUT2D eigenvalue weighted by molar-refractivity contribution is 6.05. The second kappa shape index (κ2) is 8.40. The molecule has 0 atom stereocenters. The molecule has 0 radical (unpaired) electrons. The van der Waals surface area contributed by atoms with Crippen LogP contribution in [0.4, 0.5) is 0 Å². The summed E-state index contributed by atoms with van der Waals surface area (Å²) in [6.07, 6.45) is 0.131. The summed E-state index contributed by atoms with van der Waals surface area (Å²) in [4.78, 5) is 25.1. The van der Waals surface area contributed by atoms with Crippen molar-refractivity contribution in [3.63, 3.8) is 0 Å². The Morgan fingerprint density at radius 1 is 0.621 bits per heavy atom. The topological polar surface area (TPSA) is 52.6 Å². The Bertz CT molecular complexity index is 1160. The van der Waals surface area contributed by atoms with Gasteiger partial charge in [-0.3, -0.25) is 4.79 Å². The molecule has 0 saturated heterocycles. The van der Waals surface area contributed by atoms with E-state index in [1.807, 2.05) is 66.7 Å². The first-order chi connectivity index (χ1) is 14.2. The monoisotopic (exact) mass is 382 g/mol. The molecule has 0 aliphatic rings. The number of carbonyl (C=O) groups is 2. The standard InChI is InChI=1S/C25H18O4/c26-24(17-18-9-2-1-3-10-18)28-22-15-6-7-16-23(22)29-25(27)21-14-8-12-19-11-4-5-13-20(19)21/h1-16H,17H2. The quantitative estimate of drug-likeness (QED) is 0.351. The van der Waals surface area contributed by atoms with Crippen LogP contribution in [0.5, 0.6) is 11.5 Å². The zero-order valence-corrected chi connectivity index (χ0v) is 15.6. The van der Waals surface area contributed by atoms with Gasteiger partial charge in [-0.2, -0.15) is 0 Å². The molecule has 4 nitrogen and oxygen atoms in total. The molecule has 142 valence electrons. The van der Waals surface area contributed by atoms with E-state index in [2.05, 4.69) is 0 Å². The predicted octanol–water partition coefficient (Wildman–Crippen LogP) is 5.21. The maximum Gasteiger partial charge on any atom is 0.344 e. The van der Waals surface area contributed by atoms with Crippen molar-refractivity contribution in [3.8, 4) is 11.5 Å². The molecule has 29 heavy (non-hydrogen) atoms. The van der Waals surface area contributed by atoms with Crippen LogP contribution in [0, 0.1) is 0 Å². The van der Waals surface area contributed by atoms with E-state index in [4.69, 9.17) is 9.47 Å². The summed E-state index contributed by atoms with van der Waals surface area (Å²) in [6.45, 7) is 0.